The number of nitrogens with zero attached hydrogens (tertiary/aromatic N) is 2. The Hall–Kier alpha value is -6.83. The maximum absolute atomic E-state index is 14.3. The number of para-hydroxylation sites is 1. The summed E-state index contributed by atoms with van der Waals surface area (Å²) in [6.07, 6.45) is 5.78. The molecule has 1 aromatic heterocycles. The van der Waals surface area contributed by atoms with Crippen LogP contribution in [0.1, 0.15) is 77.2 Å². The summed E-state index contributed by atoms with van der Waals surface area (Å²) in [6.45, 7) is 2.41. The molecule has 456 valence electrons. The Balaban J connectivity index is 1.75. The number of carboxylic acid groups (broad SMARTS) is 1. The van der Waals surface area contributed by atoms with Crippen LogP contribution < -0.4 is 70.8 Å². The molecule has 2 aromatic rings. The summed E-state index contributed by atoms with van der Waals surface area (Å²) in [6, 6.07) is -2.31. The van der Waals surface area contributed by atoms with Crippen molar-refractivity contribution >= 4 is 119 Å². The van der Waals surface area contributed by atoms with Gasteiger partial charge in [0.25, 0.3) is 0 Å². The molecular weight excluding hydrogens is 1120 g/mol. The second-order valence-corrected chi connectivity index (χ2v) is 21.6. The van der Waals surface area contributed by atoms with Crippen molar-refractivity contribution in [2.75, 3.05) is 62.8 Å². The average molecular weight is 1210 g/mol. The molecular formula is C51H82N16O12S3. The van der Waals surface area contributed by atoms with Crippen molar-refractivity contribution in [3.63, 3.8) is 0 Å². The summed E-state index contributed by atoms with van der Waals surface area (Å²) in [4.78, 5) is 155. The fourth-order valence-electron chi connectivity index (χ4n) is 8.59. The summed E-state index contributed by atoms with van der Waals surface area (Å²) in [5, 5.41) is 33.1. The van der Waals surface area contributed by atoms with Gasteiger partial charge < -0.3 is 85.8 Å². The molecule has 0 unspecified atom stereocenters. The lowest BCUT2D eigenvalue weighted by Crippen LogP contribution is -2.60. The second-order valence-electron chi connectivity index (χ2n) is 19.9. The zero-order chi connectivity index (χ0) is 60.9. The highest BCUT2D eigenvalue weighted by molar-refractivity contribution is 7.98. The monoisotopic (exact) mass is 1210 g/mol. The third-order valence-corrected chi connectivity index (χ3v) is 14.4. The minimum atomic E-state index is -1.39. The molecule has 10 amide bonds. The first-order chi connectivity index (χ1) is 39.0. The lowest BCUT2D eigenvalue weighted by molar-refractivity contribution is -0.142. The molecule has 31 heteroatoms. The quantitative estimate of drug-likeness (QED) is 0.0134. The minimum Gasteiger partial charge on any atom is -0.480 e. The van der Waals surface area contributed by atoms with Crippen molar-refractivity contribution in [1.29, 1.82) is 0 Å². The molecule has 1 fully saturated rings. The predicted octanol–water partition coefficient (Wildman–Crippen LogP) is -3.79. The molecule has 1 aromatic carbocycles. The van der Waals surface area contributed by atoms with Gasteiger partial charge in [-0.2, -0.15) is 37.0 Å². The zero-order valence-electron chi connectivity index (χ0n) is 46.5. The minimum absolute atomic E-state index is 0.0395. The van der Waals surface area contributed by atoms with Crippen LogP contribution in [0.15, 0.2) is 35.5 Å². The van der Waals surface area contributed by atoms with E-state index in [2.05, 4.69) is 83.1 Å². The summed E-state index contributed by atoms with van der Waals surface area (Å²) >= 11 is 10.0. The number of hydrogen-bond acceptors (Lipinski definition) is 17. The van der Waals surface area contributed by atoms with Crippen LogP contribution in [0.25, 0.3) is 10.9 Å². The van der Waals surface area contributed by atoms with Crippen molar-refractivity contribution < 1.29 is 57.8 Å². The number of aromatic nitrogens is 1. The van der Waals surface area contributed by atoms with Gasteiger partial charge in [-0.05, 0) is 93.9 Å². The maximum Gasteiger partial charge on any atom is 0.326 e. The number of guanidine groups is 1. The lowest BCUT2D eigenvalue weighted by atomic mass is 10.0. The van der Waals surface area contributed by atoms with Crippen LogP contribution in [0.4, 0.5) is 0 Å². The Morgan fingerprint density at radius 3 is 1.98 bits per heavy atom. The van der Waals surface area contributed by atoms with Gasteiger partial charge >= 0.3 is 5.97 Å². The number of aliphatic imine (C=N–C) groups is 1. The molecule has 2 heterocycles. The van der Waals surface area contributed by atoms with Gasteiger partial charge in [0.15, 0.2) is 5.96 Å². The molecule has 1 aliphatic rings. The highest BCUT2D eigenvalue weighted by Gasteiger charge is 2.38. The summed E-state index contributed by atoms with van der Waals surface area (Å²) in [5.41, 5.74) is 23.8. The van der Waals surface area contributed by atoms with Crippen LogP contribution in [0, 0.1) is 5.92 Å². The first-order valence-corrected chi connectivity index (χ1v) is 29.6. The van der Waals surface area contributed by atoms with Crippen molar-refractivity contribution in [3.05, 3.63) is 36.0 Å². The SMILES string of the molecule is CSCC[C@H](N)C(=O)N[C@@H](CS)C(=O)NCC(=O)N1CCC[C@H]1C(=O)N[C@@H](CCCN=C(N)N)C(=O)N[C@@H](CS)C(=O)N[C@@H](CC(C)C)C(=O)N[C@@H](Cc1c[nH]c2ccccc12)C(=O)NCC(=O)NCC(=O)N[C@@H](CCCCN)C(=O)O. The third-order valence-electron chi connectivity index (χ3n) is 13.0. The number of nitrogens with one attached hydrogen (secondary N) is 10. The number of carbonyl (C=O) groups excluding carboxylic acids is 10. The highest BCUT2D eigenvalue weighted by Crippen LogP contribution is 2.21. The van der Waals surface area contributed by atoms with E-state index >= 15 is 0 Å². The van der Waals surface area contributed by atoms with E-state index in [9.17, 15) is 57.8 Å². The molecule has 8 atom stereocenters. The first-order valence-electron chi connectivity index (χ1n) is 27.0. The molecule has 0 radical (unpaired) electrons. The van der Waals surface area contributed by atoms with E-state index in [1.165, 1.54) is 16.7 Å². The number of aromatic amines is 1. The van der Waals surface area contributed by atoms with Gasteiger partial charge in [-0.3, -0.25) is 52.9 Å². The van der Waals surface area contributed by atoms with Crippen molar-refractivity contribution in [2.45, 2.75) is 126 Å². The second kappa shape index (κ2) is 36.6. The molecule has 3 rings (SSSR count). The Morgan fingerprint density at radius 1 is 0.720 bits per heavy atom. The topological polar surface area (TPSA) is 452 Å². The third kappa shape index (κ3) is 23.9. The van der Waals surface area contributed by atoms with Gasteiger partial charge in [-0.25, -0.2) is 4.79 Å². The number of carboxylic acids is 1. The number of benzene rings is 1. The fraction of sp³-hybridized carbons (Fsp3) is 0.608. The van der Waals surface area contributed by atoms with E-state index in [1.807, 2.05) is 24.5 Å². The molecule has 0 aliphatic carbocycles. The maximum atomic E-state index is 14.3. The number of nitrogens with two attached hydrogens (primary N) is 4. The number of amides is 10. The standard InChI is InChI=1S/C51H82N16O12S3/c1-28(2)20-35(47(75)64-36(21-29-22-57-32-11-5-4-10-30(29)32)44(72)59-23-40(68)58-24-41(69)61-34(50(78)79)12-6-7-16-52)63-48(76)38(27-81)66-46(74)33(13-8-17-56-51(54)55)62-49(77)39-14-9-18-67(39)42(70)25-60-45(73)37(26-80)65-43(71)31(53)15-19-82-3/h4-5,10-11,22,28,31,33-39,57,80-81H,6-9,12-21,23-27,52-53H2,1-3H3,(H,58,68)(H,59,72)(H,60,73)(H,61,69)(H,62,77)(H,63,76)(H,64,75)(H,65,71)(H,66,74)(H,78,79)(H4,54,55,56)/t31-,33-,34-,35-,36-,37-,38-,39-/m0/s1. The zero-order valence-corrected chi connectivity index (χ0v) is 49.1. The van der Waals surface area contributed by atoms with Crippen molar-refractivity contribution in [1.82, 2.24) is 57.7 Å². The number of thiol groups is 2. The van der Waals surface area contributed by atoms with E-state index in [0.29, 0.717) is 43.5 Å². The van der Waals surface area contributed by atoms with Crippen LogP contribution in [0.5, 0.6) is 0 Å². The Morgan fingerprint density at radius 2 is 1.32 bits per heavy atom. The molecule has 19 N–H and O–H groups in total. The molecule has 1 aliphatic heterocycles. The van der Waals surface area contributed by atoms with Gasteiger partial charge in [0.1, 0.15) is 42.3 Å². The van der Waals surface area contributed by atoms with Crippen LogP contribution in [-0.4, -0.2) is 197 Å². The molecule has 82 heavy (non-hydrogen) atoms. The number of thioether (sulfide) groups is 1. The van der Waals surface area contributed by atoms with E-state index < -0.39 is 133 Å². The summed E-state index contributed by atoms with van der Waals surface area (Å²) in [5.74, 6) is -8.79. The van der Waals surface area contributed by atoms with Crippen LogP contribution in [-0.2, 0) is 59.2 Å². The number of rotatable bonds is 37. The van der Waals surface area contributed by atoms with Gasteiger partial charge in [0.2, 0.25) is 59.1 Å². The molecule has 28 nitrogen and oxygen atoms in total. The molecule has 0 bridgehead atoms. The first kappa shape index (κ1) is 69.4. The van der Waals surface area contributed by atoms with Gasteiger partial charge in [0, 0.05) is 48.1 Å². The van der Waals surface area contributed by atoms with Crippen molar-refractivity contribution in [2.24, 2.45) is 33.8 Å². The number of fused-ring (bicyclic) bond motifs is 1. The number of aliphatic carboxylic acids is 1. The summed E-state index contributed by atoms with van der Waals surface area (Å²) in [7, 11) is 0. The predicted molar refractivity (Wildman–Crippen MR) is 316 cm³/mol. The Labute approximate surface area is 491 Å². The normalized spacial score (nSPS) is 15.5. The Bertz CT molecular complexity index is 2540. The lowest BCUT2D eigenvalue weighted by Gasteiger charge is -2.28. The number of H-pyrrole nitrogens is 1. The van der Waals surface area contributed by atoms with Crippen LogP contribution in [0.3, 0.4) is 0 Å². The molecule has 1 saturated heterocycles. The van der Waals surface area contributed by atoms with E-state index in [0.717, 1.165) is 10.9 Å². The van der Waals surface area contributed by atoms with E-state index in [1.54, 1.807) is 26.1 Å². The smallest absolute Gasteiger partial charge is 0.326 e. The average Bonchev–Trinajstić information content (AvgIpc) is 4.25. The highest BCUT2D eigenvalue weighted by atomic mass is 32.2. The number of unbranched alkanes of at least 4 members (excludes halogenated alkanes) is 1. The van der Waals surface area contributed by atoms with Gasteiger partial charge in [0.05, 0.1) is 25.7 Å². The van der Waals surface area contributed by atoms with Crippen LogP contribution >= 0.6 is 37.0 Å². The van der Waals surface area contributed by atoms with Gasteiger partial charge in [-0.15, -0.1) is 0 Å². The largest absolute Gasteiger partial charge is 0.480 e. The van der Waals surface area contributed by atoms with E-state index in [-0.39, 0.29) is 75.0 Å². The van der Waals surface area contributed by atoms with Gasteiger partial charge in [-0.1, -0.05) is 32.0 Å². The summed E-state index contributed by atoms with van der Waals surface area (Å²) < 4.78 is 0. The number of carbonyl (C=O) groups is 11. The van der Waals surface area contributed by atoms with Crippen LogP contribution in [0.2, 0.25) is 0 Å². The molecule has 0 spiro atoms. The molecule has 0 saturated carbocycles. The number of hydrogen-bond donors (Lipinski definition) is 17. The fourth-order valence-corrected chi connectivity index (χ4v) is 9.59. The Kier molecular flexibility index (Phi) is 31.0. The number of likely N-dealkylation sites (tertiary alicyclic amines) is 1. The van der Waals surface area contributed by atoms with Crippen molar-refractivity contribution in [3.8, 4) is 0 Å². The van der Waals surface area contributed by atoms with E-state index in [4.69, 9.17) is 22.9 Å².